The average Bonchev–Trinajstić information content (AvgIpc) is 2.07. The molecule has 0 aliphatic carbocycles. The van der Waals surface area contributed by atoms with Gasteiger partial charge in [0.2, 0.25) is 5.91 Å². The number of carbonyl (C=O) groups is 1. The topological polar surface area (TPSA) is 32.3 Å². The zero-order valence-electron chi connectivity index (χ0n) is 9.76. The molecule has 0 bridgehead atoms. The van der Waals surface area contributed by atoms with E-state index in [4.69, 9.17) is 0 Å². The Balaban J connectivity index is 2.66. The third-order valence-corrected chi connectivity index (χ3v) is 2.70. The lowest BCUT2D eigenvalue weighted by Gasteiger charge is -2.41. The van der Waals surface area contributed by atoms with Crippen LogP contribution in [0.4, 0.5) is 0 Å². The molecule has 1 amide bonds. The number of likely N-dealkylation sites (N-methyl/N-ethyl adjacent to an activating group) is 1. The standard InChI is InChI=1S/C11H22N2O/c1-5-12-9-7-6-8-13(10(9)14)11(2,3)4/h9,12H,5-8H2,1-4H3. The van der Waals surface area contributed by atoms with Crippen LogP contribution in [0.25, 0.3) is 0 Å². The van der Waals surface area contributed by atoms with E-state index in [2.05, 4.69) is 26.1 Å². The monoisotopic (exact) mass is 198 g/mol. The fraction of sp³-hybridized carbons (Fsp3) is 0.909. The Morgan fingerprint density at radius 1 is 1.50 bits per heavy atom. The van der Waals surface area contributed by atoms with Gasteiger partial charge in [-0.25, -0.2) is 0 Å². The lowest BCUT2D eigenvalue weighted by atomic mass is 9.97. The molecule has 1 aliphatic heterocycles. The number of nitrogens with zero attached hydrogens (tertiary/aromatic N) is 1. The summed E-state index contributed by atoms with van der Waals surface area (Å²) in [6, 6.07) is 0.0491. The summed E-state index contributed by atoms with van der Waals surface area (Å²) in [4.78, 5) is 14.0. The van der Waals surface area contributed by atoms with Crippen molar-refractivity contribution in [2.75, 3.05) is 13.1 Å². The van der Waals surface area contributed by atoms with Gasteiger partial charge in [-0.15, -0.1) is 0 Å². The quantitative estimate of drug-likeness (QED) is 0.727. The molecular weight excluding hydrogens is 176 g/mol. The highest BCUT2D eigenvalue weighted by Gasteiger charge is 2.34. The van der Waals surface area contributed by atoms with Crippen molar-refractivity contribution in [3.63, 3.8) is 0 Å². The molecule has 1 heterocycles. The smallest absolute Gasteiger partial charge is 0.240 e. The van der Waals surface area contributed by atoms with Gasteiger partial charge in [-0.3, -0.25) is 4.79 Å². The Morgan fingerprint density at radius 3 is 2.64 bits per heavy atom. The number of nitrogens with one attached hydrogen (secondary N) is 1. The van der Waals surface area contributed by atoms with Crippen molar-refractivity contribution < 1.29 is 4.79 Å². The Labute approximate surface area is 86.9 Å². The highest BCUT2D eigenvalue weighted by atomic mass is 16.2. The van der Waals surface area contributed by atoms with E-state index >= 15 is 0 Å². The Hall–Kier alpha value is -0.570. The molecule has 0 aromatic rings. The van der Waals surface area contributed by atoms with Gasteiger partial charge in [0, 0.05) is 12.1 Å². The van der Waals surface area contributed by atoms with E-state index in [-0.39, 0.29) is 17.5 Å². The molecule has 0 radical (unpaired) electrons. The minimum Gasteiger partial charge on any atom is -0.337 e. The summed E-state index contributed by atoms with van der Waals surface area (Å²) in [5, 5.41) is 3.25. The molecule has 1 N–H and O–H groups in total. The highest BCUT2D eigenvalue weighted by molar-refractivity contribution is 5.83. The molecule has 0 aromatic carbocycles. The van der Waals surface area contributed by atoms with Gasteiger partial charge in [0.15, 0.2) is 0 Å². The first-order valence-corrected chi connectivity index (χ1v) is 5.51. The second-order valence-electron chi connectivity index (χ2n) is 4.91. The summed E-state index contributed by atoms with van der Waals surface area (Å²) in [5.41, 5.74) is -0.0365. The van der Waals surface area contributed by atoms with E-state index in [0.717, 1.165) is 25.9 Å². The van der Waals surface area contributed by atoms with E-state index in [1.54, 1.807) is 0 Å². The maximum absolute atomic E-state index is 12.0. The van der Waals surface area contributed by atoms with Gasteiger partial charge in [-0.1, -0.05) is 6.92 Å². The van der Waals surface area contributed by atoms with E-state index in [9.17, 15) is 4.79 Å². The largest absolute Gasteiger partial charge is 0.337 e. The molecule has 1 atom stereocenters. The average molecular weight is 198 g/mol. The van der Waals surface area contributed by atoms with Crippen molar-refractivity contribution in [3.8, 4) is 0 Å². The molecule has 82 valence electrons. The molecule has 0 spiro atoms. The number of carbonyl (C=O) groups excluding carboxylic acids is 1. The molecule has 3 nitrogen and oxygen atoms in total. The number of amides is 1. The van der Waals surface area contributed by atoms with Crippen LogP contribution < -0.4 is 5.32 Å². The first kappa shape index (κ1) is 11.5. The maximum atomic E-state index is 12.0. The molecule has 1 saturated heterocycles. The summed E-state index contributed by atoms with van der Waals surface area (Å²) in [5.74, 6) is 0.269. The summed E-state index contributed by atoms with van der Waals surface area (Å²) >= 11 is 0. The summed E-state index contributed by atoms with van der Waals surface area (Å²) < 4.78 is 0. The summed E-state index contributed by atoms with van der Waals surface area (Å²) in [6.07, 6.45) is 2.10. The Bertz CT molecular complexity index is 206. The molecule has 1 fully saturated rings. The van der Waals surface area contributed by atoms with E-state index in [0.29, 0.717) is 0 Å². The van der Waals surface area contributed by atoms with Crippen LogP contribution in [0.1, 0.15) is 40.5 Å². The van der Waals surface area contributed by atoms with Gasteiger partial charge < -0.3 is 10.2 Å². The maximum Gasteiger partial charge on any atom is 0.240 e. The SMILES string of the molecule is CCNC1CCCN(C(C)(C)C)C1=O. The van der Waals surface area contributed by atoms with Crippen LogP contribution in [0.3, 0.4) is 0 Å². The fourth-order valence-corrected chi connectivity index (χ4v) is 1.98. The van der Waals surface area contributed by atoms with Gasteiger partial charge in [0.1, 0.15) is 0 Å². The number of rotatable bonds is 2. The van der Waals surface area contributed by atoms with Crippen LogP contribution in [0, 0.1) is 0 Å². The highest BCUT2D eigenvalue weighted by Crippen LogP contribution is 2.21. The zero-order chi connectivity index (χ0) is 10.8. The molecule has 0 aromatic heterocycles. The van der Waals surface area contributed by atoms with Crippen LogP contribution in [-0.2, 0) is 4.79 Å². The van der Waals surface area contributed by atoms with Crippen molar-refractivity contribution in [2.24, 2.45) is 0 Å². The predicted molar refractivity (Wildman–Crippen MR) is 58.2 cm³/mol. The number of hydrogen-bond donors (Lipinski definition) is 1. The summed E-state index contributed by atoms with van der Waals surface area (Å²) in [7, 11) is 0. The second kappa shape index (κ2) is 4.30. The lowest BCUT2D eigenvalue weighted by molar-refractivity contribution is -0.141. The van der Waals surface area contributed by atoms with E-state index in [1.807, 2.05) is 11.8 Å². The third-order valence-electron chi connectivity index (χ3n) is 2.70. The van der Waals surface area contributed by atoms with E-state index < -0.39 is 0 Å². The number of likely N-dealkylation sites (tertiary alicyclic amines) is 1. The number of hydrogen-bond acceptors (Lipinski definition) is 2. The zero-order valence-corrected chi connectivity index (χ0v) is 9.76. The van der Waals surface area contributed by atoms with Crippen molar-refractivity contribution >= 4 is 5.91 Å². The van der Waals surface area contributed by atoms with Gasteiger partial charge in [-0.2, -0.15) is 0 Å². The van der Waals surface area contributed by atoms with Crippen molar-refractivity contribution in [3.05, 3.63) is 0 Å². The molecule has 1 aliphatic rings. The van der Waals surface area contributed by atoms with Crippen LogP contribution in [0.15, 0.2) is 0 Å². The first-order valence-electron chi connectivity index (χ1n) is 5.51. The van der Waals surface area contributed by atoms with Crippen molar-refractivity contribution in [1.29, 1.82) is 0 Å². The predicted octanol–water partition coefficient (Wildman–Crippen LogP) is 1.39. The minimum absolute atomic E-state index is 0.0365. The minimum atomic E-state index is -0.0365. The van der Waals surface area contributed by atoms with Crippen molar-refractivity contribution in [1.82, 2.24) is 10.2 Å². The van der Waals surface area contributed by atoms with E-state index in [1.165, 1.54) is 0 Å². The molecule has 1 rings (SSSR count). The fourth-order valence-electron chi connectivity index (χ4n) is 1.98. The van der Waals surface area contributed by atoms with Crippen LogP contribution in [0.2, 0.25) is 0 Å². The van der Waals surface area contributed by atoms with Gasteiger partial charge >= 0.3 is 0 Å². The molecule has 14 heavy (non-hydrogen) atoms. The second-order valence-corrected chi connectivity index (χ2v) is 4.91. The third kappa shape index (κ3) is 2.47. The molecule has 3 heteroatoms. The van der Waals surface area contributed by atoms with Crippen molar-refractivity contribution in [2.45, 2.75) is 52.1 Å². The Morgan fingerprint density at radius 2 is 2.14 bits per heavy atom. The first-order chi connectivity index (χ1) is 6.46. The van der Waals surface area contributed by atoms with Gasteiger partial charge in [-0.05, 0) is 40.2 Å². The molecule has 1 unspecified atom stereocenters. The number of piperidine rings is 1. The summed E-state index contributed by atoms with van der Waals surface area (Å²) in [6.45, 7) is 10.1. The molecule has 0 saturated carbocycles. The Kier molecular flexibility index (Phi) is 3.53. The normalized spacial score (nSPS) is 24.1. The molecular formula is C11H22N2O. The lowest BCUT2D eigenvalue weighted by Crippen LogP contribution is -2.56. The van der Waals surface area contributed by atoms with Crippen LogP contribution in [0.5, 0.6) is 0 Å². The van der Waals surface area contributed by atoms with Crippen LogP contribution >= 0.6 is 0 Å². The van der Waals surface area contributed by atoms with Crippen LogP contribution in [-0.4, -0.2) is 35.5 Å². The van der Waals surface area contributed by atoms with Gasteiger partial charge in [0.25, 0.3) is 0 Å². The van der Waals surface area contributed by atoms with Gasteiger partial charge in [0.05, 0.1) is 6.04 Å².